The summed E-state index contributed by atoms with van der Waals surface area (Å²) in [4.78, 5) is 25.8. The molecule has 0 spiro atoms. The van der Waals surface area contributed by atoms with Gasteiger partial charge >= 0.3 is 6.09 Å². The summed E-state index contributed by atoms with van der Waals surface area (Å²) in [5.41, 5.74) is -1.39. The smallest absolute Gasteiger partial charge is 0.412 e. The molecule has 2 atom stereocenters. The summed E-state index contributed by atoms with van der Waals surface area (Å²) in [6, 6.07) is -0.236. The van der Waals surface area contributed by atoms with Gasteiger partial charge in [-0.3, -0.25) is 4.90 Å². The first-order chi connectivity index (χ1) is 10.6. The van der Waals surface area contributed by atoms with E-state index in [1.165, 1.54) is 32.1 Å². The van der Waals surface area contributed by atoms with Crippen LogP contribution in [0.2, 0.25) is 0 Å². The Hall–Kier alpha value is -1.10. The number of ether oxygens (including phenoxy) is 2. The van der Waals surface area contributed by atoms with Crippen molar-refractivity contribution in [3.05, 3.63) is 0 Å². The number of carbonyl (C=O) groups is 2. The topological polar surface area (TPSA) is 55.8 Å². The lowest BCUT2D eigenvalue weighted by atomic mass is 9.83. The fourth-order valence-electron chi connectivity index (χ4n) is 3.80. The minimum atomic E-state index is -0.826. The monoisotopic (exact) mass is 325 g/mol. The average molecular weight is 325 g/mol. The van der Waals surface area contributed by atoms with Crippen LogP contribution in [-0.4, -0.2) is 40.8 Å². The molecule has 2 fully saturated rings. The van der Waals surface area contributed by atoms with Crippen LogP contribution in [0.5, 0.6) is 0 Å². The molecule has 2 unspecified atom stereocenters. The van der Waals surface area contributed by atoms with Crippen molar-refractivity contribution in [3.63, 3.8) is 0 Å². The number of rotatable bonds is 3. The Kier molecular flexibility index (Phi) is 5.39. The van der Waals surface area contributed by atoms with E-state index >= 15 is 0 Å². The molecule has 132 valence electrons. The Bertz CT molecular complexity index is 435. The minimum absolute atomic E-state index is 0.236. The van der Waals surface area contributed by atoms with Crippen molar-refractivity contribution in [1.29, 1.82) is 0 Å². The maximum Gasteiger partial charge on any atom is 0.412 e. The van der Waals surface area contributed by atoms with Gasteiger partial charge in [0.2, 0.25) is 0 Å². The zero-order valence-corrected chi connectivity index (χ0v) is 15.1. The molecular weight excluding hydrogens is 294 g/mol. The summed E-state index contributed by atoms with van der Waals surface area (Å²) in [5, 5.41) is 0. The third-order valence-electron chi connectivity index (χ3n) is 4.74. The standard InChI is InChI=1S/C18H31NO4/c1-17(2,3)23-16(21)19-14(11-13-9-7-6-8-10-13)15(12-20)22-18(19,4)5/h12-15H,6-11H2,1-5H3. The third-order valence-corrected chi connectivity index (χ3v) is 4.74. The fraction of sp³-hybridized carbons (Fsp3) is 0.889. The van der Waals surface area contributed by atoms with Crippen LogP contribution in [0.3, 0.4) is 0 Å². The van der Waals surface area contributed by atoms with Crippen LogP contribution < -0.4 is 0 Å². The van der Waals surface area contributed by atoms with Crippen LogP contribution in [0.15, 0.2) is 0 Å². The van der Waals surface area contributed by atoms with Gasteiger partial charge in [0.05, 0.1) is 6.04 Å². The zero-order chi connectivity index (χ0) is 17.3. The van der Waals surface area contributed by atoms with Crippen molar-refractivity contribution < 1.29 is 19.1 Å². The van der Waals surface area contributed by atoms with Crippen molar-refractivity contribution in [2.45, 2.75) is 96.6 Å². The molecular formula is C18H31NO4. The lowest BCUT2D eigenvalue weighted by Crippen LogP contribution is -2.50. The Morgan fingerprint density at radius 1 is 1.26 bits per heavy atom. The van der Waals surface area contributed by atoms with Crippen molar-refractivity contribution in [3.8, 4) is 0 Å². The van der Waals surface area contributed by atoms with E-state index in [1.54, 1.807) is 4.90 Å². The Balaban J connectivity index is 2.18. The second kappa shape index (κ2) is 6.80. The highest BCUT2D eigenvalue weighted by Crippen LogP contribution is 2.38. The van der Waals surface area contributed by atoms with E-state index in [4.69, 9.17) is 9.47 Å². The predicted molar refractivity (Wildman–Crippen MR) is 88.1 cm³/mol. The van der Waals surface area contributed by atoms with E-state index in [0.29, 0.717) is 5.92 Å². The summed E-state index contributed by atoms with van der Waals surface area (Å²) in [6.45, 7) is 9.20. The van der Waals surface area contributed by atoms with Gasteiger partial charge in [0, 0.05) is 0 Å². The molecule has 0 N–H and O–H groups in total. The Labute approximate surface area is 139 Å². The quantitative estimate of drug-likeness (QED) is 0.739. The molecule has 0 aromatic rings. The van der Waals surface area contributed by atoms with Gasteiger partial charge < -0.3 is 14.3 Å². The highest BCUT2D eigenvalue weighted by Gasteiger charge is 2.51. The number of aldehydes is 1. The molecule has 0 aromatic heterocycles. The first kappa shape index (κ1) is 18.2. The van der Waals surface area contributed by atoms with E-state index < -0.39 is 23.5 Å². The molecule has 5 heteroatoms. The first-order valence-electron chi connectivity index (χ1n) is 8.79. The second-order valence-corrected chi connectivity index (χ2v) is 8.32. The molecule has 0 radical (unpaired) electrons. The fourth-order valence-corrected chi connectivity index (χ4v) is 3.80. The van der Waals surface area contributed by atoms with Crippen molar-refractivity contribution in [2.24, 2.45) is 5.92 Å². The average Bonchev–Trinajstić information content (AvgIpc) is 2.68. The summed E-state index contributed by atoms with van der Waals surface area (Å²) in [7, 11) is 0. The molecule has 2 aliphatic rings. The molecule has 1 aliphatic heterocycles. The molecule has 0 aromatic carbocycles. The molecule has 1 saturated carbocycles. The van der Waals surface area contributed by atoms with Gasteiger partial charge in [0.1, 0.15) is 17.4 Å². The van der Waals surface area contributed by atoms with E-state index in [2.05, 4.69) is 0 Å². The van der Waals surface area contributed by atoms with Crippen LogP contribution in [-0.2, 0) is 14.3 Å². The summed E-state index contributed by atoms with van der Waals surface area (Å²) in [6.07, 6.45) is 6.78. The second-order valence-electron chi connectivity index (χ2n) is 8.32. The number of amides is 1. The van der Waals surface area contributed by atoms with Crippen molar-refractivity contribution >= 4 is 12.4 Å². The first-order valence-corrected chi connectivity index (χ1v) is 8.79. The van der Waals surface area contributed by atoms with E-state index in [-0.39, 0.29) is 6.04 Å². The lowest BCUT2D eigenvalue weighted by molar-refractivity contribution is -0.124. The number of carbonyl (C=O) groups excluding carboxylic acids is 2. The maximum absolute atomic E-state index is 12.7. The summed E-state index contributed by atoms with van der Waals surface area (Å²) < 4.78 is 11.4. The summed E-state index contributed by atoms with van der Waals surface area (Å²) in [5.74, 6) is 0.554. The van der Waals surface area contributed by atoms with Crippen LogP contribution in [0.4, 0.5) is 4.79 Å². The molecule has 23 heavy (non-hydrogen) atoms. The zero-order valence-electron chi connectivity index (χ0n) is 15.1. The maximum atomic E-state index is 12.7. The van der Waals surface area contributed by atoms with Crippen LogP contribution in [0.1, 0.15) is 73.1 Å². The number of hydrogen-bond donors (Lipinski definition) is 0. The van der Waals surface area contributed by atoms with E-state index in [9.17, 15) is 9.59 Å². The number of hydrogen-bond acceptors (Lipinski definition) is 4. The molecule has 1 aliphatic carbocycles. The predicted octanol–water partition coefficient (Wildman–Crippen LogP) is 3.90. The lowest BCUT2D eigenvalue weighted by Gasteiger charge is -2.36. The van der Waals surface area contributed by atoms with Gasteiger partial charge in [-0.2, -0.15) is 0 Å². The van der Waals surface area contributed by atoms with Gasteiger partial charge in [-0.15, -0.1) is 0 Å². The minimum Gasteiger partial charge on any atom is -0.444 e. The summed E-state index contributed by atoms with van der Waals surface area (Å²) >= 11 is 0. The molecule has 1 amide bonds. The van der Waals surface area contributed by atoms with Crippen molar-refractivity contribution in [1.82, 2.24) is 4.90 Å². The van der Waals surface area contributed by atoms with Gasteiger partial charge in [0.15, 0.2) is 6.29 Å². The van der Waals surface area contributed by atoms with Gasteiger partial charge in [-0.05, 0) is 47.0 Å². The Morgan fingerprint density at radius 3 is 2.39 bits per heavy atom. The molecule has 0 bridgehead atoms. The van der Waals surface area contributed by atoms with E-state index in [1.807, 2.05) is 34.6 Å². The van der Waals surface area contributed by atoms with E-state index in [0.717, 1.165) is 12.7 Å². The van der Waals surface area contributed by atoms with Crippen molar-refractivity contribution in [2.75, 3.05) is 0 Å². The Morgan fingerprint density at radius 2 is 1.87 bits per heavy atom. The third kappa shape index (κ3) is 4.46. The molecule has 1 saturated heterocycles. The van der Waals surface area contributed by atoms with Crippen LogP contribution >= 0.6 is 0 Å². The molecule has 1 heterocycles. The largest absolute Gasteiger partial charge is 0.444 e. The highest BCUT2D eigenvalue weighted by atomic mass is 16.6. The van der Waals surface area contributed by atoms with Crippen LogP contribution in [0.25, 0.3) is 0 Å². The van der Waals surface area contributed by atoms with Gasteiger partial charge in [-0.1, -0.05) is 32.1 Å². The SMILES string of the molecule is CC(C)(C)OC(=O)N1C(CC2CCCCC2)C(C=O)OC1(C)C. The number of nitrogens with zero attached hydrogens (tertiary/aromatic N) is 1. The normalized spacial score (nSPS) is 28.7. The van der Waals surface area contributed by atoms with Gasteiger partial charge in [0.25, 0.3) is 0 Å². The van der Waals surface area contributed by atoms with Crippen LogP contribution in [0, 0.1) is 5.92 Å². The highest BCUT2D eigenvalue weighted by molar-refractivity contribution is 5.72. The molecule has 5 nitrogen and oxygen atoms in total. The molecule has 2 rings (SSSR count). The van der Waals surface area contributed by atoms with Gasteiger partial charge in [-0.25, -0.2) is 4.79 Å².